The van der Waals surface area contributed by atoms with Gasteiger partial charge in [-0.2, -0.15) is 0 Å². The largest absolute Gasteiger partial charge is 0.467 e. The number of aliphatic hydroxyl groups is 1. The van der Waals surface area contributed by atoms with Gasteiger partial charge in [0, 0.05) is 24.8 Å². The van der Waals surface area contributed by atoms with Crippen LogP contribution in [0.3, 0.4) is 0 Å². The number of anilines is 1. The molecule has 21 heavy (non-hydrogen) atoms. The molecule has 0 aromatic heterocycles. The van der Waals surface area contributed by atoms with E-state index in [0.717, 1.165) is 5.69 Å². The first-order valence-electron chi connectivity index (χ1n) is 6.89. The van der Waals surface area contributed by atoms with Gasteiger partial charge in [-0.25, -0.2) is 9.59 Å². The molecule has 1 aliphatic heterocycles. The first kappa shape index (κ1) is 15.3. The highest BCUT2D eigenvalue weighted by molar-refractivity contribution is 5.94. The number of methoxy groups -OCH3 is 1. The molecule has 1 heterocycles. The molecule has 1 aromatic rings. The van der Waals surface area contributed by atoms with Gasteiger partial charge in [-0.3, -0.25) is 4.90 Å². The predicted molar refractivity (Wildman–Crippen MR) is 78.0 cm³/mol. The zero-order chi connectivity index (χ0) is 15.6. The molecule has 1 fully saturated rings. The van der Waals surface area contributed by atoms with E-state index in [2.05, 4.69) is 4.74 Å². The van der Waals surface area contributed by atoms with Gasteiger partial charge in [-0.15, -0.1) is 0 Å². The maximum Gasteiger partial charge on any atom is 0.339 e. The number of amides is 2. The zero-order valence-electron chi connectivity index (χ0n) is 12.4. The lowest BCUT2D eigenvalue weighted by Gasteiger charge is -2.22. The minimum absolute atomic E-state index is 0.0220. The molecule has 6 nitrogen and oxygen atoms in total. The SMILES string of the molecule is COC(=O)C(O)c1ccc(N2CCN(C(C)C)C2=O)cc1. The van der Waals surface area contributed by atoms with Crippen LogP contribution in [0.4, 0.5) is 10.5 Å². The van der Waals surface area contributed by atoms with Gasteiger partial charge < -0.3 is 14.7 Å². The number of rotatable bonds is 4. The van der Waals surface area contributed by atoms with E-state index in [0.29, 0.717) is 18.7 Å². The summed E-state index contributed by atoms with van der Waals surface area (Å²) in [6, 6.07) is 6.85. The first-order chi connectivity index (χ1) is 9.95. The second-order valence-electron chi connectivity index (χ2n) is 5.24. The van der Waals surface area contributed by atoms with E-state index in [1.54, 1.807) is 34.1 Å². The van der Waals surface area contributed by atoms with Gasteiger partial charge in [0.15, 0.2) is 6.10 Å². The molecular weight excluding hydrogens is 272 g/mol. The van der Waals surface area contributed by atoms with Crippen LogP contribution < -0.4 is 4.90 Å². The lowest BCUT2D eigenvalue weighted by Crippen LogP contribution is -2.36. The van der Waals surface area contributed by atoms with E-state index >= 15 is 0 Å². The summed E-state index contributed by atoms with van der Waals surface area (Å²) in [5.41, 5.74) is 1.20. The Kier molecular flexibility index (Phi) is 4.47. The summed E-state index contributed by atoms with van der Waals surface area (Å²) in [7, 11) is 1.23. The zero-order valence-corrected chi connectivity index (χ0v) is 12.4. The fraction of sp³-hybridized carbons (Fsp3) is 0.467. The maximum absolute atomic E-state index is 12.2. The number of carbonyl (C=O) groups excluding carboxylic acids is 2. The van der Waals surface area contributed by atoms with E-state index in [1.165, 1.54) is 7.11 Å². The number of urea groups is 1. The van der Waals surface area contributed by atoms with Crippen molar-refractivity contribution < 1.29 is 19.4 Å². The summed E-state index contributed by atoms with van der Waals surface area (Å²) in [5, 5.41) is 9.75. The van der Waals surface area contributed by atoms with Crippen LogP contribution in [0.1, 0.15) is 25.5 Å². The van der Waals surface area contributed by atoms with Crippen molar-refractivity contribution in [1.29, 1.82) is 0 Å². The van der Waals surface area contributed by atoms with Gasteiger partial charge in [-0.1, -0.05) is 12.1 Å². The molecule has 0 spiro atoms. The number of ether oxygens (including phenoxy) is 1. The summed E-state index contributed by atoms with van der Waals surface area (Å²) < 4.78 is 4.49. The van der Waals surface area contributed by atoms with Crippen LogP contribution in [0.15, 0.2) is 24.3 Å². The third kappa shape index (κ3) is 3.00. The third-order valence-electron chi connectivity index (χ3n) is 3.61. The fourth-order valence-corrected chi connectivity index (χ4v) is 2.36. The maximum atomic E-state index is 12.2. The molecule has 0 bridgehead atoms. The Labute approximate surface area is 123 Å². The number of hydrogen-bond acceptors (Lipinski definition) is 4. The van der Waals surface area contributed by atoms with Gasteiger partial charge in [0.2, 0.25) is 0 Å². The third-order valence-corrected chi connectivity index (χ3v) is 3.61. The van der Waals surface area contributed by atoms with Crippen LogP contribution in [-0.4, -0.2) is 48.2 Å². The van der Waals surface area contributed by atoms with Crippen LogP contribution in [0.25, 0.3) is 0 Å². The Morgan fingerprint density at radius 1 is 1.24 bits per heavy atom. The topological polar surface area (TPSA) is 70.1 Å². The first-order valence-corrected chi connectivity index (χ1v) is 6.89. The summed E-state index contributed by atoms with van der Waals surface area (Å²) >= 11 is 0. The Morgan fingerprint density at radius 2 is 1.86 bits per heavy atom. The number of hydrogen-bond donors (Lipinski definition) is 1. The van der Waals surface area contributed by atoms with Gasteiger partial charge in [0.05, 0.1) is 7.11 Å². The van der Waals surface area contributed by atoms with Gasteiger partial charge in [0.1, 0.15) is 0 Å². The Morgan fingerprint density at radius 3 is 2.33 bits per heavy atom. The fourth-order valence-electron chi connectivity index (χ4n) is 2.36. The summed E-state index contributed by atoms with van der Waals surface area (Å²) in [5.74, 6) is -0.703. The Bertz CT molecular complexity index is 527. The molecular formula is C15H20N2O4. The lowest BCUT2D eigenvalue weighted by atomic mass is 10.1. The molecule has 1 aromatic carbocycles. The van der Waals surface area contributed by atoms with Crippen molar-refractivity contribution in [2.45, 2.75) is 26.0 Å². The van der Waals surface area contributed by atoms with Crippen LogP contribution in [0.2, 0.25) is 0 Å². The van der Waals surface area contributed by atoms with Gasteiger partial charge in [0.25, 0.3) is 0 Å². The second kappa shape index (κ2) is 6.13. The lowest BCUT2D eigenvalue weighted by molar-refractivity contribution is -0.150. The second-order valence-corrected chi connectivity index (χ2v) is 5.24. The van der Waals surface area contributed by atoms with E-state index in [1.807, 2.05) is 13.8 Å². The van der Waals surface area contributed by atoms with Crippen molar-refractivity contribution in [2.24, 2.45) is 0 Å². The van der Waals surface area contributed by atoms with E-state index in [9.17, 15) is 14.7 Å². The number of carbonyl (C=O) groups is 2. The Balaban J connectivity index is 2.13. The van der Waals surface area contributed by atoms with Crippen molar-refractivity contribution >= 4 is 17.7 Å². The standard InChI is InChI=1S/C15H20N2O4/c1-10(2)16-8-9-17(15(16)20)12-6-4-11(5-7-12)13(18)14(19)21-3/h4-7,10,13,18H,8-9H2,1-3H3. The van der Waals surface area contributed by atoms with Crippen molar-refractivity contribution in [1.82, 2.24) is 4.90 Å². The smallest absolute Gasteiger partial charge is 0.339 e. The van der Waals surface area contributed by atoms with E-state index < -0.39 is 12.1 Å². The number of benzene rings is 1. The molecule has 114 valence electrons. The summed E-state index contributed by atoms with van der Waals surface area (Å²) in [4.78, 5) is 27.0. The molecule has 1 unspecified atom stereocenters. The van der Waals surface area contributed by atoms with Crippen molar-refractivity contribution in [3.05, 3.63) is 29.8 Å². The average molecular weight is 292 g/mol. The molecule has 0 aliphatic carbocycles. The molecule has 0 radical (unpaired) electrons. The number of aliphatic hydroxyl groups excluding tert-OH is 1. The number of esters is 1. The average Bonchev–Trinajstić information content (AvgIpc) is 2.87. The minimum Gasteiger partial charge on any atom is -0.467 e. The van der Waals surface area contributed by atoms with Gasteiger partial charge in [-0.05, 0) is 31.5 Å². The summed E-state index contributed by atoms with van der Waals surface area (Å²) in [6.07, 6.45) is -1.30. The highest BCUT2D eigenvalue weighted by Crippen LogP contribution is 2.24. The number of nitrogens with zero attached hydrogens (tertiary/aromatic N) is 2. The quantitative estimate of drug-likeness (QED) is 0.855. The summed E-state index contributed by atoms with van der Waals surface area (Å²) in [6.45, 7) is 5.30. The molecule has 1 saturated heterocycles. The molecule has 6 heteroatoms. The van der Waals surface area contributed by atoms with Crippen LogP contribution in [0.5, 0.6) is 0 Å². The minimum atomic E-state index is -1.30. The van der Waals surface area contributed by atoms with E-state index in [-0.39, 0.29) is 12.1 Å². The van der Waals surface area contributed by atoms with Crippen LogP contribution >= 0.6 is 0 Å². The van der Waals surface area contributed by atoms with Crippen molar-refractivity contribution in [2.75, 3.05) is 25.1 Å². The normalized spacial score (nSPS) is 16.5. The van der Waals surface area contributed by atoms with Crippen LogP contribution in [0, 0.1) is 0 Å². The molecule has 0 saturated carbocycles. The Hall–Kier alpha value is -2.08. The highest BCUT2D eigenvalue weighted by Gasteiger charge is 2.31. The predicted octanol–water partition coefficient (Wildman–Crippen LogP) is 1.54. The molecule has 1 N–H and O–H groups in total. The van der Waals surface area contributed by atoms with Crippen LogP contribution in [-0.2, 0) is 9.53 Å². The van der Waals surface area contributed by atoms with Gasteiger partial charge >= 0.3 is 12.0 Å². The highest BCUT2D eigenvalue weighted by atomic mass is 16.5. The van der Waals surface area contributed by atoms with Crippen molar-refractivity contribution in [3.63, 3.8) is 0 Å². The molecule has 1 aliphatic rings. The van der Waals surface area contributed by atoms with Crippen molar-refractivity contribution in [3.8, 4) is 0 Å². The molecule has 1 atom stereocenters. The molecule has 2 rings (SSSR count). The monoisotopic (exact) mass is 292 g/mol. The molecule has 2 amide bonds. The van der Waals surface area contributed by atoms with E-state index in [4.69, 9.17) is 0 Å².